The van der Waals surface area contributed by atoms with Gasteiger partial charge >= 0.3 is 0 Å². The molecule has 1 aliphatic heterocycles. The fourth-order valence-electron chi connectivity index (χ4n) is 3.25. The summed E-state index contributed by atoms with van der Waals surface area (Å²) in [6, 6.07) is 8.42. The fourth-order valence-corrected chi connectivity index (χ4v) is 4.58. The Morgan fingerprint density at radius 3 is 2.43 bits per heavy atom. The molecule has 0 aliphatic carbocycles. The molecule has 1 aromatic heterocycles. The number of benzene rings is 1. The summed E-state index contributed by atoms with van der Waals surface area (Å²) in [5.74, 6) is 1.12. The largest absolute Gasteiger partial charge is 0.465 e. The van der Waals surface area contributed by atoms with Crippen molar-refractivity contribution < 1.29 is 22.4 Å². The van der Waals surface area contributed by atoms with Crippen LogP contribution in [0.3, 0.4) is 0 Å². The van der Waals surface area contributed by atoms with Crippen LogP contribution in [0.2, 0.25) is 5.02 Å². The van der Waals surface area contributed by atoms with Gasteiger partial charge in [-0.25, -0.2) is 8.42 Å². The van der Waals surface area contributed by atoms with Gasteiger partial charge in [0, 0.05) is 24.7 Å². The minimum atomic E-state index is -3.84. The molecule has 2 atom stereocenters. The molecule has 2 heterocycles. The summed E-state index contributed by atoms with van der Waals surface area (Å²) in [4.78, 5) is 14.8. The molecule has 3 rings (SSSR count). The zero-order chi connectivity index (χ0) is 21.7. The number of sulfonamides is 1. The third-order valence-electron chi connectivity index (χ3n) is 4.89. The van der Waals surface area contributed by atoms with Crippen molar-refractivity contribution in [2.24, 2.45) is 0 Å². The van der Waals surface area contributed by atoms with Crippen LogP contribution < -0.4 is 10.0 Å². The molecule has 1 aliphatic rings. The maximum Gasteiger partial charge on any atom is 0.241 e. The summed E-state index contributed by atoms with van der Waals surface area (Å²) in [7, 11) is -3.84. The monoisotopic (exact) mass is 455 g/mol. The fraction of sp³-hybridized carbons (Fsp3) is 0.450. The van der Waals surface area contributed by atoms with Gasteiger partial charge < -0.3 is 14.5 Å². The smallest absolute Gasteiger partial charge is 0.241 e. The normalized spacial score (nSPS) is 17.4. The predicted molar refractivity (Wildman–Crippen MR) is 113 cm³/mol. The Morgan fingerprint density at radius 1 is 1.17 bits per heavy atom. The molecule has 164 valence electrons. The van der Waals surface area contributed by atoms with Crippen LogP contribution in [-0.2, 0) is 19.6 Å². The number of aryl methyl sites for hydroxylation is 1. The molecule has 2 N–H and O–H groups in total. The van der Waals surface area contributed by atoms with Gasteiger partial charge in [0.2, 0.25) is 15.9 Å². The van der Waals surface area contributed by atoms with Crippen molar-refractivity contribution in [2.75, 3.05) is 32.8 Å². The van der Waals surface area contributed by atoms with Crippen LogP contribution in [0.1, 0.15) is 24.5 Å². The van der Waals surface area contributed by atoms with E-state index in [9.17, 15) is 13.2 Å². The standard InChI is InChI=1S/C20H26ClN3O5S/c1-14-3-8-19(29-14)18(24-9-11-28-12-10-24)13-22-20(25)15(2)23-30(26,27)17-6-4-16(21)5-7-17/h3-8,15,18,23H,9-13H2,1-2H3,(H,22,25)/t15-,18?/m0/s1. The molecule has 1 aromatic carbocycles. The lowest BCUT2D eigenvalue weighted by Gasteiger charge is -2.33. The molecule has 0 radical (unpaired) electrons. The highest BCUT2D eigenvalue weighted by Crippen LogP contribution is 2.23. The summed E-state index contributed by atoms with van der Waals surface area (Å²) in [6.07, 6.45) is 0. The van der Waals surface area contributed by atoms with E-state index in [0.29, 0.717) is 24.8 Å². The second kappa shape index (κ2) is 9.93. The van der Waals surface area contributed by atoms with E-state index in [4.69, 9.17) is 20.8 Å². The highest BCUT2D eigenvalue weighted by Gasteiger charge is 2.27. The number of hydrogen-bond acceptors (Lipinski definition) is 6. The Labute approximate surface area is 181 Å². The van der Waals surface area contributed by atoms with Crippen LogP contribution in [0.4, 0.5) is 0 Å². The Morgan fingerprint density at radius 2 is 1.83 bits per heavy atom. The lowest BCUT2D eigenvalue weighted by Crippen LogP contribution is -2.48. The molecule has 2 aromatic rings. The average molecular weight is 456 g/mol. The minimum Gasteiger partial charge on any atom is -0.465 e. The summed E-state index contributed by atoms with van der Waals surface area (Å²) >= 11 is 5.81. The average Bonchev–Trinajstić information content (AvgIpc) is 3.14. The maximum atomic E-state index is 12.6. The number of hydrogen-bond donors (Lipinski definition) is 2. The van der Waals surface area contributed by atoms with Gasteiger partial charge in [0.15, 0.2) is 0 Å². The number of halogens is 1. The van der Waals surface area contributed by atoms with Gasteiger partial charge in [-0.3, -0.25) is 9.69 Å². The second-order valence-corrected chi connectivity index (χ2v) is 9.31. The minimum absolute atomic E-state index is 0.0452. The first kappa shape index (κ1) is 22.8. The topological polar surface area (TPSA) is 101 Å². The van der Waals surface area contributed by atoms with Gasteiger partial charge in [0.05, 0.1) is 30.2 Å². The van der Waals surface area contributed by atoms with Gasteiger partial charge in [-0.2, -0.15) is 4.72 Å². The number of carbonyl (C=O) groups excluding carboxylic acids is 1. The number of furan rings is 1. The van der Waals surface area contributed by atoms with E-state index in [1.807, 2.05) is 19.1 Å². The zero-order valence-electron chi connectivity index (χ0n) is 16.9. The van der Waals surface area contributed by atoms with E-state index in [1.165, 1.54) is 31.2 Å². The molecule has 10 heteroatoms. The maximum absolute atomic E-state index is 12.6. The number of ether oxygens (including phenoxy) is 1. The molecular formula is C20H26ClN3O5S. The molecule has 8 nitrogen and oxygen atoms in total. The number of amides is 1. The van der Waals surface area contributed by atoms with Crippen molar-refractivity contribution in [3.05, 3.63) is 52.9 Å². The number of morpholine rings is 1. The van der Waals surface area contributed by atoms with Crippen molar-refractivity contribution in [1.82, 2.24) is 14.9 Å². The Bertz CT molecular complexity index is 955. The number of nitrogens with zero attached hydrogens (tertiary/aromatic N) is 1. The highest BCUT2D eigenvalue weighted by atomic mass is 35.5. The van der Waals surface area contributed by atoms with Gasteiger partial charge in [0.1, 0.15) is 11.5 Å². The third-order valence-corrected chi connectivity index (χ3v) is 6.70. The predicted octanol–water partition coefficient (Wildman–Crippen LogP) is 2.10. The molecule has 1 unspecified atom stereocenters. The van der Waals surface area contributed by atoms with Crippen LogP contribution in [0.5, 0.6) is 0 Å². The number of carbonyl (C=O) groups is 1. The quantitative estimate of drug-likeness (QED) is 0.632. The first-order valence-corrected chi connectivity index (χ1v) is 11.6. The first-order chi connectivity index (χ1) is 14.3. The van der Waals surface area contributed by atoms with Crippen molar-refractivity contribution in [2.45, 2.75) is 30.8 Å². The van der Waals surface area contributed by atoms with E-state index in [1.54, 1.807) is 0 Å². The molecule has 1 saturated heterocycles. The lowest BCUT2D eigenvalue weighted by atomic mass is 10.1. The summed E-state index contributed by atoms with van der Waals surface area (Å²) in [5, 5.41) is 3.27. The van der Waals surface area contributed by atoms with E-state index in [-0.39, 0.29) is 10.9 Å². The molecule has 1 fully saturated rings. The van der Waals surface area contributed by atoms with Crippen molar-refractivity contribution in [3.63, 3.8) is 0 Å². The molecule has 0 spiro atoms. The lowest BCUT2D eigenvalue weighted by molar-refractivity contribution is -0.122. The number of rotatable bonds is 8. The van der Waals surface area contributed by atoms with E-state index >= 15 is 0 Å². The van der Waals surface area contributed by atoms with Crippen molar-refractivity contribution >= 4 is 27.5 Å². The third kappa shape index (κ3) is 5.83. The first-order valence-electron chi connectivity index (χ1n) is 9.70. The zero-order valence-corrected chi connectivity index (χ0v) is 18.5. The summed E-state index contributed by atoms with van der Waals surface area (Å²) < 4.78 is 38.6. The van der Waals surface area contributed by atoms with Gasteiger partial charge in [-0.15, -0.1) is 0 Å². The van der Waals surface area contributed by atoms with Crippen LogP contribution in [0.15, 0.2) is 45.7 Å². The Balaban J connectivity index is 1.63. The highest BCUT2D eigenvalue weighted by molar-refractivity contribution is 7.89. The van der Waals surface area contributed by atoms with Gasteiger partial charge in [0.25, 0.3) is 0 Å². The van der Waals surface area contributed by atoms with Crippen molar-refractivity contribution in [3.8, 4) is 0 Å². The van der Waals surface area contributed by atoms with E-state index in [0.717, 1.165) is 24.6 Å². The SMILES string of the molecule is Cc1ccc(C(CNC(=O)[C@H](C)NS(=O)(=O)c2ccc(Cl)cc2)N2CCOCC2)o1. The molecule has 1 amide bonds. The van der Waals surface area contributed by atoms with Crippen LogP contribution in [0.25, 0.3) is 0 Å². The Kier molecular flexibility index (Phi) is 7.54. The van der Waals surface area contributed by atoms with Gasteiger partial charge in [-0.05, 0) is 50.2 Å². The van der Waals surface area contributed by atoms with Crippen LogP contribution in [-0.4, -0.2) is 58.1 Å². The van der Waals surface area contributed by atoms with Crippen LogP contribution in [0, 0.1) is 6.92 Å². The molecule has 30 heavy (non-hydrogen) atoms. The summed E-state index contributed by atoms with van der Waals surface area (Å²) in [6.45, 7) is 6.33. The number of nitrogens with one attached hydrogen (secondary N) is 2. The summed E-state index contributed by atoms with van der Waals surface area (Å²) in [5.41, 5.74) is 0. The van der Waals surface area contributed by atoms with E-state index in [2.05, 4.69) is 14.9 Å². The van der Waals surface area contributed by atoms with Crippen LogP contribution >= 0.6 is 11.6 Å². The van der Waals surface area contributed by atoms with Crippen molar-refractivity contribution in [1.29, 1.82) is 0 Å². The van der Waals surface area contributed by atoms with Gasteiger partial charge in [-0.1, -0.05) is 11.6 Å². The van der Waals surface area contributed by atoms with E-state index < -0.39 is 22.0 Å². The molecule has 0 bridgehead atoms. The molecular weight excluding hydrogens is 430 g/mol. The molecule has 0 saturated carbocycles. The second-order valence-electron chi connectivity index (χ2n) is 7.15. The Hall–Kier alpha value is -1.91.